The van der Waals surface area contributed by atoms with Gasteiger partial charge in [0.2, 0.25) is 0 Å². The summed E-state index contributed by atoms with van der Waals surface area (Å²) in [6.45, 7) is 0. The Morgan fingerprint density at radius 2 is 2.11 bits per heavy atom. The summed E-state index contributed by atoms with van der Waals surface area (Å²) < 4.78 is 0. The number of rotatable bonds is 4. The fraction of sp³-hybridized carbons (Fsp3) is 0.143. The molecule has 2 aromatic rings. The number of carboxylic acids is 1. The van der Waals surface area contributed by atoms with Crippen LogP contribution in [0.25, 0.3) is 11.3 Å². The molecule has 0 aliphatic carbocycles. The van der Waals surface area contributed by atoms with E-state index in [4.69, 9.17) is 10.8 Å². The fourth-order valence-electron chi connectivity index (χ4n) is 1.77. The predicted molar refractivity (Wildman–Crippen MR) is 68.9 cm³/mol. The van der Waals surface area contributed by atoms with Gasteiger partial charge in [-0.25, -0.2) is 0 Å². The number of hydrogen-bond donors (Lipinski definition) is 2. The van der Waals surface area contributed by atoms with Gasteiger partial charge in [0, 0.05) is 17.8 Å². The molecule has 0 unspecified atom stereocenters. The van der Waals surface area contributed by atoms with Gasteiger partial charge in [-0.3, -0.25) is 9.78 Å². The van der Waals surface area contributed by atoms with Gasteiger partial charge in [0.25, 0.3) is 0 Å². The van der Waals surface area contributed by atoms with Crippen molar-refractivity contribution < 1.29 is 9.90 Å². The predicted octanol–water partition coefficient (Wildman–Crippen LogP) is 2.22. The molecule has 0 fully saturated rings. The third-order valence-corrected chi connectivity index (χ3v) is 2.67. The highest BCUT2D eigenvalue weighted by Gasteiger charge is 2.11. The number of aromatic nitrogens is 1. The van der Waals surface area contributed by atoms with Gasteiger partial charge in [0.1, 0.15) is 0 Å². The second kappa shape index (κ2) is 5.42. The van der Waals surface area contributed by atoms with Crippen LogP contribution in [-0.4, -0.2) is 16.1 Å². The van der Waals surface area contributed by atoms with Gasteiger partial charge in [-0.2, -0.15) is 0 Å². The second-order valence-corrected chi connectivity index (χ2v) is 4.04. The van der Waals surface area contributed by atoms with Gasteiger partial charge < -0.3 is 10.8 Å². The van der Waals surface area contributed by atoms with Gasteiger partial charge in [0.15, 0.2) is 0 Å². The summed E-state index contributed by atoms with van der Waals surface area (Å²) >= 11 is 0. The molecule has 0 saturated heterocycles. The zero-order chi connectivity index (χ0) is 13.0. The molecule has 1 atom stereocenters. The van der Waals surface area contributed by atoms with Crippen LogP contribution in [0.2, 0.25) is 0 Å². The highest BCUT2D eigenvalue weighted by atomic mass is 16.4. The lowest BCUT2D eigenvalue weighted by atomic mass is 10.0. The number of carboxylic acid groups (broad SMARTS) is 1. The molecule has 1 aromatic heterocycles. The molecule has 0 bridgehead atoms. The van der Waals surface area contributed by atoms with Crippen LogP contribution in [0.5, 0.6) is 0 Å². The summed E-state index contributed by atoms with van der Waals surface area (Å²) in [5.41, 5.74) is 8.44. The SMILES string of the molecule is N[C@H](CC(=O)O)c1cccc(-c2ccccn2)c1. The van der Waals surface area contributed by atoms with Crippen molar-refractivity contribution in [3.8, 4) is 11.3 Å². The van der Waals surface area contributed by atoms with Crippen LogP contribution in [0.4, 0.5) is 0 Å². The Bertz CT molecular complexity index is 541. The monoisotopic (exact) mass is 242 g/mol. The van der Waals surface area contributed by atoms with E-state index in [2.05, 4.69) is 4.98 Å². The zero-order valence-corrected chi connectivity index (χ0v) is 9.78. The molecule has 4 heteroatoms. The number of benzene rings is 1. The van der Waals surface area contributed by atoms with Crippen LogP contribution in [0.3, 0.4) is 0 Å². The molecule has 0 saturated carbocycles. The number of nitrogens with zero attached hydrogens (tertiary/aromatic N) is 1. The fourth-order valence-corrected chi connectivity index (χ4v) is 1.77. The number of pyridine rings is 1. The Morgan fingerprint density at radius 1 is 1.28 bits per heavy atom. The minimum absolute atomic E-state index is 0.0777. The van der Waals surface area contributed by atoms with Crippen molar-refractivity contribution >= 4 is 5.97 Å². The topological polar surface area (TPSA) is 76.2 Å². The van der Waals surface area contributed by atoms with Crippen molar-refractivity contribution in [1.29, 1.82) is 0 Å². The van der Waals surface area contributed by atoms with E-state index in [1.807, 2.05) is 42.5 Å². The molecule has 1 aromatic carbocycles. The van der Waals surface area contributed by atoms with E-state index in [0.717, 1.165) is 16.8 Å². The third kappa shape index (κ3) is 2.93. The Hall–Kier alpha value is -2.20. The Kier molecular flexibility index (Phi) is 3.69. The molecule has 0 spiro atoms. The van der Waals surface area contributed by atoms with Crippen molar-refractivity contribution in [2.75, 3.05) is 0 Å². The molecule has 0 aliphatic heterocycles. The van der Waals surface area contributed by atoms with Crippen molar-refractivity contribution in [2.24, 2.45) is 5.73 Å². The number of hydrogen-bond acceptors (Lipinski definition) is 3. The summed E-state index contributed by atoms with van der Waals surface area (Å²) in [7, 11) is 0. The zero-order valence-electron chi connectivity index (χ0n) is 9.78. The summed E-state index contributed by atoms with van der Waals surface area (Å²) in [6.07, 6.45) is 1.64. The molecule has 0 radical (unpaired) electrons. The molecule has 2 rings (SSSR count). The first-order valence-corrected chi connectivity index (χ1v) is 5.65. The van der Waals surface area contributed by atoms with Crippen molar-refractivity contribution in [3.63, 3.8) is 0 Å². The highest BCUT2D eigenvalue weighted by molar-refractivity contribution is 5.68. The van der Waals surface area contributed by atoms with E-state index in [9.17, 15) is 4.79 Å². The van der Waals surface area contributed by atoms with Crippen LogP contribution >= 0.6 is 0 Å². The van der Waals surface area contributed by atoms with Crippen LogP contribution in [0.15, 0.2) is 48.7 Å². The lowest BCUT2D eigenvalue weighted by molar-refractivity contribution is -0.137. The van der Waals surface area contributed by atoms with Crippen LogP contribution in [0, 0.1) is 0 Å². The quantitative estimate of drug-likeness (QED) is 0.861. The standard InChI is InChI=1S/C14H14N2O2/c15-12(9-14(17)18)10-4-3-5-11(8-10)13-6-1-2-7-16-13/h1-8,12H,9,15H2,(H,17,18)/t12-/m1/s1. The molecule has 1 heterocycles. The molecule has 3 N–H and O–H groups in total. The molecule has 92 valence electrons. The first-order valence-electron chi connectivity index (χ1n) is 5.65. The molecule has 0 amide bonds. The van der Waals surface area contributed by atoms with Crippen molar-refractivity contribution in [2.45, 2.75) is 12.5 Å². The first-order chi connectivity index (χ1) is 8.66. The molecular formula is C14H14N2O2. The maximum absolute atomic E-state index is 10.6. The molecule has 0 aliphatic rings. The average Bonchev–Trinajstić information content (AvgIpc) is 2.39. The minimum Gasteiger partial charge on any atom is -0.481 e. The lowest BCUT2D eigenvalue weighted by Crippen LogP contribution is -2.14. The summed E-state index contributed by atoms with van der Waals surface area (Å²) in [4.78, 5) is 14.9. The van der Waals surface area contributed by atoms with Crippen LogP contribution in [0.1, 0.15) is 18.0 Å². The number of aliphatic carboxylic acids is 1. The third-order valence-electron chi connectivity index (χ3n) is 2.67. The van der Waals surface area contributed by atoms with E-state index in [-0.39, 0.29) is 6.42 Å². The summed E-state index contributed by atoms with van der Waals surface area (Å²) in [5.74, 6) is -0.897. The maximum atomic E-state index is 10.6. The Morgan fingerprint density at radius 3 is 2.78 bits per heavy atom. The van der Waals surface area contributed by atoms with Crippen molar-refractivity contribution in [3.05, 3.63) is 54.2 Å². The first kappa shape index (κ1) is 12.3. The van der Waals surface area contributed by atoms with E-state index >= 15 is 0 Å². The Labute approximate surface area is 105 Å². The summed E-state index contributed by atoms with van der Waals surface area (Å²) in [5, 5.41) is 8.74. The second-order valence-electron chi connectivity index (χ2n) is 4.04. The molecular weight excluding hydrogens is 228 g/mol. The van der Waals surface area contributed by atoms with E-state index in [1.54, 1.807) is 6.20 Å². The van der Waals surface area contributed by atoms with Gasteiger partial charge in [-0.1, -0.05) is 24.3 Å². The van der Waals surface area contributed by atoms with Gasteiger partial charge >= 0.3 is 5.97 Å². The summed E-state index contributed by atoms with van der Waals surface area (Å²) in [6, 6.07) is 12.7. The molecule has 18 heavy (non-hydrogen) atoms. The molecule has 4 nitrogen and oxygen atoms in total. The lowest BCUT2D eigenvalue weighted by Gasteiger charge is -2.10. The Balaban J connectivity index is 2.28. The normalized spacial score (nSPS) is 12.1. The minimum atomic E-state index is -0.897. The highest BCUT2D eigenvalue weighted by Crippen LogP contribution is 2.21. The van der Waals surface area contributed by atoms with E-state index in [1.165, 1.54) is 0 Å². The van der Waals surface area contributed by atoms with Crippen LogP contribution < -0.4 is 5.73 Å². The van der Waals surface area contributed by atoms with Gasteiger partial charge in [-0.15, -0.1) is 0 Å². The van der Waals surface area contributed by atoms with Gasteiger partial charge in [0.05, 0.1) is 12.1 Å². The van der Waals surface area contributed by atoms with E-state index < -0.39 is 12.0 Å². The van der Waals surface area contributed by atoms with E-state index in [0.29, 0.717) is 0 Å². The smallest absolute Gasteiger partial charge is 0.305 e. The number of nitrogens with two attached hydrogens (primary N) is 1. The average molecular weight is 242 g/mol. The van der Waals surface area contributed by atoms with Gasteiger partial charge in [-0.05, 0) is 23.8 Å². The van der Waals surface area contributed by atoms with Crippen LogP contribution in [-0.2, 0) is 4.79 Å². The largest absolute Gasteiger partial charge is 0.481 e. The maximum Gasteiger partial charge on any atom is 0.305 e. The van der Waals surface area contributed by atoms with Crippen molar-refractivity contribution in [1.82, 2.24) is 4.98 Å². The number of carbonyl (C=O) groups is 1.